The third-order valence-corrected chi connectivity index (χ3v) is 5.45. The molecule has 0 N–H and O–H groups in total. The van der Waals surface area contributed by atoms with Crippen LogP contribution in [0.15, 0.2) is 78.9 Å². The molecule has 3 aromatic carbocycles. The molecule has 0 fully saturated rings. The largest absolute Gasteiger partial charge is 0.489 e. The molecule has 0 aliphatic carbocycles. The highest BCUT2D eigenvalue weighted by Gasteiger charge is 2.19. The quantitative estimate of drug-likeness (QED) is 0.269. The molecule has 0 saturated carbocycles. The molecule has 5 aromatic rings. The molecule has 7 heteroatoms. The fourth-order valence-electron chi connectivity index (χ4n) is 3.65. The van der Waals surface area contributed by atoms with Crippen LogP contribution in [0.25, 0.3) is 22.4 Å². The Kier molecular flexibility index (Phi) is 6.06. The fourth-order valence-corrected chi connectivity index (χ4v) is 3.65. The molecule has 0 spiro atoms. The standard InChI is InChI=1S/C28H21F2N3O2/c1-17-14-20(34-16-19-8-4-3-5-9-19)15-24(31-17)27-28(33-23-11-7-6-10-22(23)32-27)35-25-13-12-21(29)26(30)18(25)2/h3-15H,16H2,1-2H3. The van der Waals surface area contributed by atoms with Crippen LogP contribution in [0.1, 0.15) is 16.8 Å². The molecule has 0 atom stereocenters. The number of pyridine rings is 1. The minimum atomic E-state index is -0.969. The van der Waals surface area contributed by atoms with Gasteiger partial charge in [0.15, 0.2) is 17.3 Å². The van der Waals surface area contributed by atoms with Crippen molar-refractivity contribution in [1.82, 2.24) is 15.0 Å². The Morgan fingerprint density at radius 1 is 0.771 bits per heavy atom. The van der Waals surface area contributed by atoms with Gasteiger partial charge >= 0.3 is 0 Å². The number of benzene rings is 3. The van der Waals surface area contributed by atoms with Crippen molar-refractivity contribution < 1.29 is 18.3 Å². The summed E-state index contributed by atoms with van der Waals surface area (Å²) >= 11 is 0. The van der Waals surface area contributed by atoms with Crippen molar-refractivity contribution in [3.05, 3.63) is 107 Å². The lowest BCUT2D eigenvalue weighted by atomic mass is 10.2. The molecule has 0 amide bonds. The predicted octanol–water partition coefficient (Wildman–Crippen LogP) is 6.96. The van der Waals surface area contributed by atoms with Gasteiger partial charge < -0.3 is 9.47 Å². The van der Waals surface area contributed by atoms with Crippen molar-refractivity contribution in [2.75, 3.05) is 0 Å². The smallest absolute Gasteiger partial charge is 0.248 e. The Morgan fingerprint density at radius 3 is 2.26 bits per heavy atom. The van der Waals surface area contributed by atoms with Gasteiger partial charge in [-0.1, -0.05) is 42.5 Å². The van der Waals surface area contributed by atoms with E-state index in [1.165, 1.54) is 13.0 Å². The van der Waals surface area contributed by atoms with Gasteiger partial charge in [0.1, 0.15) is 18.1 Å². The van der Waals surface area contributed by atoms with Crippen molar-refractivity contribution >= 4 is 11.0 Å². The Balaban J connectivity index is 1.57. The lowest BCUT2D eigenvalue weighted by molar-refractivity contribution is 0.306. The van der Waals surface area contributed by atoms with Crippen LogP contribution in [0.3, 0.4) is 0 Å². The highest BCUT2D eigenvalue weighted by Crippen LogP contribution is 2.35. The lowest BCUT2D eigenvalue weighted by Gasteiger charge is -2.14. The summed E-state index contributed by atoms with van der Waals surface area (Å²) in [6.45, 7) is 3.69. The Morgan fingerprint density at radius 2 is 1.49 bits per heavy atom. The van der Waals surface area contributed by atoms with Crippen LogP contribution in [0.4, 0.5) is 8.78 Å². The highest BCUT2D eigenvalue weighted by atomic mass is 19.2. The Hall–Kier alpha value is -4.39. The third-order valence-electron chi connectivity index (χ3n) is 5.45. The van der Waals surface area contributed by atoms with Gasteiger partial charge in [-0.3, -0.25) is 4.98 Å². The van der Waals surface area contributed by atoms with Gasteiger partial charge in [0.25, 0.3) is 0 Å². The number of fused-ring (bicyclic) bond motifs is 1. The first-order valence-corrected chi connectivity index (χ1v) is 11.0. The summed E-state index contributed by atoms with van der Waals surface area (Å²) in [5.74, 6) is -1.03. The van der Waals surface area contributed by atoms with Gasteiger partial charge in [-0.05, 0) is 43.7 Å². The number of nitrogens with zero attached hydrogens (tertiary/aromatic N) is 3. The summed E-state index contributed by atoms with van der Waals surface area (Å²) in [5, 5.41) is 0. The number of para-hydroxylation sites is 2. The van der Waals surface area contributed by atoms with Gasteiger partial charge in [-0.25, -0.2) is 18.7 Å². The third kappa shape index (κ3) is 4.80. The van der Waals surface area contributed by atoms with E-state index in [0.29, 0.717) is 34.8 Å². The van der Waals surface area contributed by atoms with Gasteiger partial charge in [0, 0.05) is 23.4 Å². The maximum absolute atomic E-state index is 14.2. The molecule has 174 valence electrons. The maximum atomic E-state index is 14.2. The van der Waals surface area contributed by atoms with Crippen LogP contribution in [0, 0.1) is 25.5 Å². The van der Waals surface area contributed by atoms with Gasteiger partial charge in [0.2, 0.25) is 5.88 Å². The monoisotopic (exact) mass is 469 g/mol. The second-order valence-corrected chi connectivity index (χ2v) is 8.06. The maximum Gasteiger partial charge on any atom is 0.248 e. The van der Waals surface area contributed by atoms with E-state index in [4.69, 9.17) is 14.5 Å². The molecule has 0 aliphatic heterocycles. The second kappa shape index (κ2) is 9.46. The average Bonchev–Trinajstić information content (AvgIpc) is 2.87. The van der Waals surface area contributed by atoms with Crippen molar-refractivity contribution in [2.24, 2.45) is 0 Å². The van der Waals surface area contributed by atoms with Crippen molar-refractivity contribution in [3.63, 3.8) is 0 Å². The molecule has 2 aromatic heterocycles. The first kappa shape index (κ1) is 22.4. The van der Waals surface area contributed by atoms with Crippen LogP contribution >= 0.6 is 0 Å². The van der Waals surface area contributed by atoms with E-state index in [1.54, 1.807) is 12.1 Å². The number of aromatic nitrogens is 3. The van der Waals surface area contributed by atoms with Crippen molar-refractivity contribution in [1.29, 1.82) is 0 Å². The van der Waals surface area contributed by atoms with E-state index in [9.17, 15) is 8.78 Å². The van der Waals surface area contributed by atoms with Crippen LogP contribution < -0.4 is 9.47 Å². The SMILES string of the molecule is Cc1cc(OCc2ccccc2)cc(-c2nc3ccccc3nc2Oc2ccc(F)c(F)c2C)n1. The Bertz CT molecular complexity index is 1520. The molecule has 5 rings (SSSR count). The highest BCUT2D eigenvalue weighted by molar-refractivity contribution is 5.79. The predicted molar refractivity (Wildman–Crippen MR) is 129 cm³/mol. The minimum absolute atomic E-state index is 0.0370. The van der Waals surface area contributed by atoms with E-state index >= 15 is 0 Å². The molecule has 0 bridgehead atoms. The number of halogens is 2. The summed E-state index contributed by atoms with van der Waals surface area (Å²) < 4.78 is 39.8. The second-order valence-electron chi connectivity index (χ2n) is 8.06. The topological polar surface area (TPSA) is 57.1 Å². The first-order valence-electron chi connectivity index (χ1n) is 11.0. The summed E-state index contributed by atoms with van der Waals surface area (Å²) in [6, 6.07) is 23.2. The van der Waals surface area contributed by atoms with E-state index in [1.807, 2.05) is 61.5 Å². The summed E-state index contributed by atoms with van der Waals surface area (Å²) in [4.78, 5) is 14.0. The molecule has 0 saturated heterocycles. The lowest BCUT2D eigenvalue weighted by Crippen LogP contribution is -2.02. The number of ether oxygens (including phenoxy) is 2. The van der Waals surface area contributed by atoms with E-state index < -0.39 is 11.6 Å². The normalized spacial score (nSPS) is 11.0. The van der Waals surface area contributed by atoms with Crippen LogP contribution in [-0.2, 0) is 6.61 Å². The van der Waals surface area contributed by atoms with Crippen LogP contribution in [-0.4, -0.2) is 15.0 Å². The summed E-state index contributed by atoms with van der Waals surface area (Å²) in [7, 11) is 0. The Labute approximate surface area is 201 Å². The van der Waals surface area contributed by atoms with Crippen LogP contribution in [0.2, 0.25) is 0 Å². The van der Waals surface area contributed by atoms with E-state index in [-0.39, 0.29) is 17.2 Å². The van der Waals surface area contributed by atoms with E-state index in [2.05, 4.69) is 9.97 Å². The molecule has 0 aliphatic rings. The van der Waals surface area contributed by atoms with Crippen molar-refractivity contribution in [2.45, 2.75) is 20.5 Å². The fraction of sp³-hybridized carbons (Fsp3) is 0.107. The molecule has 2 heterocycles. The first-order chi connectivity index (χ1) is 17.0. The zero-order valence-electron chi connectivity index (χ0n) is 19.1. The minimum Gasteiger partial charge on any atom is -0.489 e. The zero-order chi connectivity index (χ0) is 24.4. The number of hydrogen-bond acceptors (Lipinski definition) is 5. The number of hydrogen-bond donors (Lipinski definition) is 0. The molecule has 0 radical (unpaired) electrons. The number of rotatable bonds is 6. The number of aryl methyl sites for hydroxylation is 1. The van der Waals surface area contributed by atoms with Gasteiger partial charge in [-0.15, -0.1) is 0 Å². The van der Waals surface area contributed by atoms with Crippen LogP contribution in [0.5, 0.6) is 17.4 Å². The molecule has 35 heavy (non-hydrogen) atoms. The van der Waals surface area contributed by atoms with Crippen molar-refractivity contribution in [3.8, 4) is 28.8 Å². The summed E-state index contributed by atoms with van der Waals surface area (Å²) in [5.41, 5.74) is 3.88. The molecule has 0 unspecified atom stereocenters. The average molecular weight is 469 g/mol. The van der Waals surface area contributed by atoms with Gasteiger partial charge in [-0.2, -0.15) is 0 Å². The molecule has 5 nitrogen and oxygen atoms in total. The zero-order valence-corrected chi connectivity index (χ0v) is 19.1. The molecular formula is C28H21F2N3O2. The van der Waals surface area contributed by atoms with Gasteiger partial charge in [0.05, 0.1) is 16.7 Å². The molecular weight excluding hydrogens is 448 g/mol. The van der Waals surface area contributed by atoms with E-state index in [0.717, 1.165) is 17.3 Å². The summed E-state index contributed by atoms with van der Waals surface area (Å²) in [6.07, 6.45) is 0.